The number of rotatable bonds is 13. The summed E-state index contributed by atoms with van der Waals surface area (Å²) >= 11 is 0. The molecule has 4 aromatic rings. The van der Waals surface area contributed by atoms with Gasteiger partial charge in [-0.15, -0.1) is 0 Å². The number of carboxylic acids is 1. The van der Waals surface area contributed by atoms with Crippen LogP contribution in [-0.2, 0) is 27.8 Å². The quantitative estimate of drug-likeness (QED) is 0.189. The minimum atomic E-state index is -3.72. The van der Waals surface area contributed by atoms with Crippen molar-refractivity contribution in [3.63, 3.8) is 0 Å². The Balaban J connectivity index is 1.30. The minimum Gasteiger partial charge on any atom is -0.481 e. The first-order valence-electron chi connectivity index (χ1n) is 12.9. The number of β-amino-alcohol motifs (C(OH)–C–C–N with tert-alkyl or cyclic N) is 1. The van der Waals surface area contributed by atoms with Gasteiger partial charge in [0.2, 0.25) is 0 Å². The molecule has 0 radical (unpaired) electrons. The normalized spacial score (nSPS) is 12.7. The Bertz CT molecular complexity index is 1530. The van der Waals surface area contributed by atoms with Crippen molar-refractivity contribution in [2.45, 2.75) is 49.8 Å². The smallest absolute Gasteiger partial charge is 0.307 e. The number of aliphatic hydroxyl groups is 1. The third-order valence-electron chi connectivity index (χ3n) is 6.58. The molecule has 0 aliphatic rings. The number of carboxylic acid groups (broad SMARTS) is 1. The molecule has 0 bridgehead atoms. The average Bonchev–Trinajstić information content (AvgIpc) is 3.40. The topological polar surface area (TPSA) is 134 Å². The number of aromatic nitrogens is 2. The highest BCUT2D eigenvalue weighted by atomic mass is 32.2. The van der Waals surface area contributed by atoms with Crippen molar-refractivity contribution in [1.82, 2.24) is 14.9 Å². The molecule has 0 spiro atoms. The van der Waals surface area contributed by atoms with Gasteiger partial charge in [0, 0.05) is 36.1 Å². The minimum absolute atomic E-state index is 0.00993. The lowest BCUT2D eigenvalue weighted by Crippen LogP contribution is -2.42. The molecular formula is C30H34N4O5S. The van der Waals surface area contributed by atoms with Crippen molar-refractivity contribution >= 4 is 21.7 Å². The van der Waals surface area contributed by atoms with Crippen LogP contribution in [0.2, 0.25) is 0 Å². The van der Waals surface area contributed by atoms with E-state index in [1.54, 1.807) is 60.9 Å². The second kappa shape index (κ2) is 12.5. The van der Waals surface area contributed by atoms with Gasteiger partial charge in [-0.2, -0.15) is 0 Å². The molecule has 3 aromatic carbocycles. The maximum Gasteiger partial charge on any atom is 0.307 e. The first kappa shape index (κ1) is 29.0. The Morgan fingerprint density at radius 3 is 2.45 bits per heavy atom. The van der Waals surface area contributed by atoms with Crippen LogP contribution >= 0.6 is 0 Å². The van der Waals surface area contributed by atoms with E-state index in [2.05, 4.69) is 28.9 Å². The predicted octanol–water partition coefficient (Wildman–Crippen LogP) is 4.47. The zero-order valence-corrected chi connectivity index (χ0v) is 23.3. The summed E-state index contributed by atoms with van der Waals surface area (Å²) in [6.07, 6.45) is 3.66. The molecule has 0 aliphatic heterocycles. The van der Waals surface area contributed by atoms with Gasteiger partial charge in [0.25, 0.3) is 10.0 Å². The molecule has 210 valence electrons. The number of aliphatic carboxylic acids is 1. The number of benzene rings is 3. The predicted molar refractivity (Wildman–Crippen MR) is 154 cm³/mol. The highest BCUT2D eigenvalue weighted by Crippen LogP contribution is 2.22. The molecule has 0 saturated carbocycles. The van der Waals surface area contributed by atoms with Crippen LogP contribution in [0.25, 0.3) is 11.3 Å². The lowest BCUT2D eigenvalue weighted by Gasteiger charge is -2.28. The second-order valence-corrected chi connectivity index (χ2v) is 12.0. The van der Waals surface area contributed by atoms with Gasteiger partial charge in [-0.3, -0.25) is 9.52 Å². The van der Waals surface area contributed by atoms with Gasteiger partial charge in [0.05, 0.1) is 29.4 Å². The zero-order chi connectivity index (χ0) is 28.8. The van der Waals surface area contributed by atoms with Gasteiger partial charge in [0.1, 0.15) is 0 Å². The number of hydrogen-bond acceptors (Lipinski definition) is 6. The fraction of sp³-hybridized carbons (Fsp3) is 0.267. The third-order valence-corrected chi connectivity index (χ3v) is 7.98. The van der Waals surface area contributed by atoms with E-state index in [1.807, 2.05) is 22.9 Å². The van der Waals surface area contributed by atoms with Gasteiger partial charge in [-0.05, 0) is 55.7 Å². The summed E-state index contributed by atoms with van der Waals surface area (Å²) in [6, 6.07) is 22.3. The molecule has 9 nitrogen and oxygen atoms in total. The van der Waals surface area contributed by atoms with Crippen LogP contribution in [0.1, 0.15) is 37.5 Å². The van der Waals surface area contributed by atoms with E-state index in [4.69, 9.17) is 5.11 Å². The van der Waals surface area contributed by atoms with Crippen LogP contribution in [0, 0.1) is 0 Å². The molecule has 0 saturated heterocycles. The molecule has 4 rings (SSSR count). The number of sulfonamides is 1. The van der Waals surface area contributed by atoms with Gasteiger partial charge >= 0.3 is 5.97 Å². The molecule has 1 atom stereocenters. The molecular weight excluding hydrogens is 528 g/mol. The van der Waals surface area contributed by atoms with Crippen molar-refractivity contribution in [2.24, 2.45) is 0 Å². The zero-order valence-electron chi connectivity index (χ0n) is 22.5. The Labute approximate surface area is 234 Å². The SMILES string of the molecule is CC(C)(CCn1cnc(-c2ccc(CC(=O)O)cc2)c1)NCC(O)c1cccc(NS(=O)(=O)c2ccccc2)c1. The van der Waals surface area contributed by atoms with Crippen LogP contribution < -0.4 is 10.0 Å². The van der Waals surface area contributed by atoms with Crippen LogP contribution in [0.3, 0.4) is 0 Å². The third kappa shape index (κ3) is 8.01. The van der Waals surface area contributed by atoms with Gasteiger partial charge in [-0.1, -0.05) is 54.6 Å². The van der Waals surface area contributed by atoms with E-state index in [-0.39, 0.29) is 16.9 Å². The molecule has 1 unspecified atom stereocenters. The lowest BCUT2D eigenvalue weighted by atomic mass is 9.99. The highest BCUT2D eigenvalue weighted by Gasteiger charge is 2.20. The molecule has 1 aromatic heterocycles. The van der Waals surface area contributed by atoms with Gasteiger partial charge < -0.3 is 20.1 Å². The number of carbonyl (C=O) groups is 1. The van der Waals surface area contributed by atoms with Crippen LogP contribution in [0.5, 0.6) is 0 Å². The number of aryl methyl sites for hydroxylation is 1. The number of imidazole rings is 1. The largest absolute Gasteiger partial charge is 0.481 e. The summed E-state index contributed by atoms with van der Waals surface area (Å²) in [6.45, 7) is 5.11. The van der Waals surface area contributed by atoms with E-state index < -0.39 is 22.1 Å². The molecule has 4 N–H and O–H groups in total. The maximum atomic E-state index is 12.6. The first-order chi connectivity index (χ1) is 19.0. The summed E-state index contributed by atoms with van der Waals surface area (Å²) in [5.41, 5.74) is 3.16. The Morgan fingerprint density at radius 2 is 1.75 bits per heavy atom. The van der Waals surface area contributed by atoms with Crippen LogP contribution in [-0.4, -0.2) is 46.2 Å². The van der Waals surface area contributed by atoms with Crippen molar-refractivity contribution in [1.29, 1.82) is 0 Å². The summed E-state index contributed by atoms with van der Waals surface area (Å²) in [5, 5.41) is 23.2. The first-order valence-corrected chi connectivity index (χ1v) is 14.4. The van der Waals surface area contributed by atoms with Crippen molar-refractivity contribution in [3.05, 3.63) is 103 Å². The summed E-state index contributed by atoms with van der Waals surface area (Å²) in [4.78, 5) is 15.5. The Morgan fingerprint density at radius 1 is 1.02 bits per heavy atom. The van der Waals surface area contributed by atoms with Crippen LogP contribution in [0.15, 0.2) is 96.3 Å². The molecule has 10 heteroatoms. The van der Waals surface area contributed by atoms with E-state index in [0.29, 0.717) is 24.3 Å². The fourth-order valence-electron chi connectivity index (χ4n) is 4.21. The van der Waals surface area contributed by atoms with Crippen molar-refractivity contribution in [2.75, 3.05) is 11.3 Å². The fourth-order valence-corrected chi connectivity index (χ4v) is 5.28. The van der Waals surface area contributed by atoms with Crippen molar-refractivity contribution in [3.8, 4) is 11.3 Å². The molecule has 40 heavy (non-hydrogen) atoms. The molecule has 0 amide bonds. The van der Waals surface area contributed by atoms with E-state index in [0.717, 1.165) is 23.2 Å². The van der Waals surface area contributed by atoms with Gasteiger partial charge in [0.15, 0.2) is 0 Å². The number of nitrogens with one attached hydrogen (secondary N) is 2. The molecule has 0 aliphatic carbocycles. The number of anilines is 1. The monoisotopic (exact) mass is 562 g/mol. The second-order valence-electron chi connectivity index (χ2n) is 10.3. The summed E-state index contributed by atoms with van der Waals surface area (Å²) in [5.74, 6) is -0.861. The maximum absolute atomic E-state index is 12.6. The van der Waals surface area contributed by atoms with Crippen LogP contribution in [0.4, 0.5) is 5.69 Å². The lowest BCUT2D eigenvalue weighted by molar-refractivity contribution is -0.136. The van der Waals surface area contributed by atoms with E-state index in [1.165, 1.54) is 12.1 Å². The molecule has 0 fully saturated rings. The summed E-state index contributed by atoms with van der Waals surface area (Å²) in [7, 11) is -3.72. The molecule has 1 heterocycles. The number of aliphatic hydroxyl groups excluding tert-OH is 1. The number of nitrogens with zero attached hydrogens (tertiary/aromatic N) is 2. The Kier molecular flexibility index (Phi) is 9.03. The van der Waals surface area contributed by atoms with E-state index in [9.17, 15) is 18.3 Å². The average molecular weight is 563 g/mol. The Hall–Kier alpha value is -3.99. The number of hydrogen-bond donors (Lipinski definition) is 4. The van der Waals surface area contributed by atoms with Crippen molar-refractivity contribution < 1.29 is 23.4 Å². The summed E-state index contributed by atoms with van der Waals surface area (Å²) < 4.78 is 29.9. The van der Waals surface area contributed by atoms with E-state index >= 15 is 0 Å². The highest BCUT2D eigenvalue weighted by molar-refractivity contribution is 7.92. The standard InChI is InChI=1S/C30H34N4O5S/c1-30(2,15-16-34-20-27(31-21-34)23-13-11-22(12-14-23)17-29(36)37)32-19-28(35)24-7-6-8-25(18-24)33-40(38,39)26-9-4-3-5-10-26/h3-14,18,20-21,28,32-33,35H,15-17,19H2,1-2H3,(H,36,37). The van der Waals surface area contributed by atoms with Gasteiger partial charge in [-0.25, -0.2) is 13.4 Å².